The van der Waals surface area contributed by atoms with Crippen LogP contribution >= 0.6 is 15.9 Å². The third-order valence-corrected chi connectivity index (χ3v) is 2.40. The number of hydrogen-bond donors (Lipinski definition) is 1. The van der Waals surface area contributed by atoms with Gasteiger partial charge in [0, 0.05) is 0 Å². The first-order valence-corrected chi connectivity index (χ1v) is 5.63. The summed E-state index contributed by atoms with van der Waals surface area (Å²) in [4.78, 5) is 14.8. The molecule has 2 N–H and O–H groups in total. The van der Waals surface area contributed by atoms with Crippen molar-refractivity contribution in [2.45, 2.75) is 19.8 Å². The van der Waals surface area contributed by atoms with Crippen LogP contribution in [-0.2, 0) is 16.0 Å². The highest BCUT2D eigenvalue weighted by Crippen LogP contribution is 2.28. The lowest BCUT2D eigenvalue weighted by molar-refractivity contribution is -0.142. The third-order valence-electron chi connectivity index (χ3n) is 1.99. The fourth-order valence-corrected chi connectivity index (χ4v) is 1.74. The van der Waals surface area contributed by atoms with Crippen molar-refractivity contribution >= 4 is 27.6 Å². The Morgan fingerprint density at radius 1 is 1.65 bits per heavy atom. The average molecular weight is 309 g/mol. The number of pyridine rings is 1. The summed E-state index contributed by atoms with van der Waals surface area (Å²) in [6.45, 7) is 1.89. The SMILES string of the molecule is CCOC(=O)Cc1cc(Br)nc(C(F)F)c1N. The normalized spacial score (nSPS) is 10.6. The minimum Gasteiger partial charge on any atom is -0.466 e. The van der Waals surface area contributed by atoms with Crippen LogP contribution < -0.4 is 5.73 Å². The van der Waals surface area contributed by atoms with Crippen molar-refractivity contribution in [2.75, 3.05) is 12.3 Å². The molecule has 0 fully saturated rings. The lowest BCUT2D eigenvalue weighted by Crippen LogP contribution is -2.11. The smallest absolute Gasteiger partial charge is 0.310 e. The van der Waals surface area contributed by atoms with Crippen molar-refractivity contribution < 1.29 is 18.3 Å². The van der Waals surface area contributed by atoms with Gasteiger partial charge < -0.3 is 10.5 Å². The Balaban J connectivity index is 3.03. The molecule has 0 aromatic carbocycles. The van der Waals surface area contributed by atoms with Gasteiger partial charge in [0.25, 0.3) is 6.43 Å². The molecule has 0 amide bonds. The molecular weight excluding hydrogens is 298 g/mol. The minimum atomic E-state index is -2.78. The maximum Gasteiger partial charge on any atom is 0.310 e. The molecule has 0 saturated heterocycles. The molecule has 0 saturated carbocycles. The molecule has 0 radical (unpaired) electrons. The van der Waals surface area contributed by atoms with E-state index in [-0.39, 0.29) is 28.9 Å². The van der Waals surface area contributed by atoms with Crippen LogP contribution in [0.5, 0.6) is 0 Å². The molecule has 0 bridgehead atoms. The summed E-state index contributed by atoms with van der Waals surface area (Å²) in [7, 11) is 0. The first-order chi connectivity index (χ1) is 7.95. The second-order valence-electron chi connectivity index (χ2n) is 3.19. The van der Waals surface area contributed by atoms with Crippen LogP contribution in [0.3, 0.4) is 0 Å². The standard InChI is InChI=1S/C10H11BrF2N2O2/c1-2-17-7(16)4-5-3-6(11)15-9(8(5)14)10(12)13/h3,10H,2,4,14H2,1H3. The van der Waals surface area contributed by atoms with Crippen LogP contribution in [0.2, 0.25) is 0 Å². The highest BCUT2D eigenvalue weighted by Gasteiger charge is 2.19. The maximum atomic E-state index is 12.6. The number of esters is 1. The molecule has 1 rings (SSSR count). The molecule has 4 nitrogen and oxygen atoms in total. The summed E-state index contributed by atoms with van der Waals surface area (Å²) in [6.07, 6.45) is -2.94. The van der Waals surface area contributed by atoms with Gasteiger partial charge in [-0.2, -0.15) is 0 Å². The summed E-state index contributed by atoms with van der Waals surface area (Å²) < 4.78 is 30.1. The van der Waals surface area contributed by atoms with E-state index < -0.39 is 18.1 Å². The van der Waals surface area contributed by atoms with E-state index in [1.807, 2.05) is 0 Å². The number of halogens is 3. The maximum absolute atomic E-state index is 12.6. The molecule has 0 aliphatic heterocycles. The van der Waals surface area contributed by atoms with Crippen molar-refractivity contribution in [3.05, 3.63) is 21.9 Å². The van der Waals surface area contributed by atoms with Gasteiger partial charge in [-0.1, -0.05) is 0 Å². The van der Waals surface area contributed by atoms with Crippen LogP contribution in [0.25, 0.3) is 0 Å². The van der Waals surface area contributed by atoms with E-state index in [0.717, 1.165) is 0 Å². The third kappa shape index (κ3) is 3.62. The number of nitrogens with two attached hydrogens (primary N) is 1. The number of rotatable bonds is 4. The predicted octanol–water partition coefficient (Wildman–Crippen LogP) is 2.47. The first kappa shape index (κ1) is 13.8. The number of nitrogen functional groups attached to an aromatic ring is 1. The van der Waals surface area contributed by atoms with E-state index in [2.05, 4.69) is 20.9 Å². The fourth-order valence-electron chi connectivity index (χ4n) is 1.27. The number of anilines is 1. The Bertz CT molecular complexity index is 427. The van der Waals surface area contributed by atoms with Crippen LogP contribution in [0.4, 0.5) is 14.5 Å². The van der Waals surface area contributed by atoms with E-state index in [1.54, 1.807) is 6.92 Å². The van der Waals surface area contributed by atoms with Crippen molar-refractivity contribution in [3.63, 3.8) is 0 Å². The molecule has 0 spiro atoms. The number of hydrogen-bond acceptors (Lipinski definition) is 4. The van der Waals surface area contributed by atoms with Crippen molar-refractivity contribution in [1.82, 2.24) is 4.98 Å². The molecule has 0 unspecified atom stereocenters. The number of carbonyl (C=O) groups excluding carboxylic acids is 1. The van der Waals surface area contributed by atoms with E-state index in [9.17, 15) is 13.6 Å². The highest BCUT2D eigenvalue weighted by atomic mass is 79.9. The fraction of sp³-hybridized carbons (Fsp3) is 0.400. The summed E-state index contributed by atoms with van der Waals surface area (Å²) in [5.41, 5.74) is 5.11. The molecule has 7 heteroatoms. The number of carbonyl (C=O) groups is 1. The molecule has 0 aliphatic rings. The summed E-state index contributed by atoms with van der Waals surface area (Å²) in [5, 5.41) is 0. The van der Waals surface area contributed by atoms with E-state index >= 15 is 0 Å². The van der Waals surface area contributed by atoms with Gasteiger partial charge in [0.2, 0.25) is 0 Å². The first-order valence-electron chi connectivity index (χ1n) is 4.84. The van der Waals surface area contributed by atoms with Crippen LogP contribution in [-0.4, -0.2) is 17.6 Å². The Labute approximate surface area is 105 Å². The zero-order chi connectivity index (χ0) is 13.0. The second kappa shape index (κ2) is 5.90. The molecule has 1 aromatic heterocycles. The summed E-state index contributed by atoms with van der Waals surface area (Å²) in [6, 6.07) is 1.43. The topological polar surface area (TPSA) is 65.2 Å². The zero-order valence-electron chi connectivity index (χ0n) is 9.04. The second-order valence-corrected chi connectivity index (χ2v) is 4.00. The Morgan fingerprint density at radius 3 is 2.82 bits per heavy atom. The zero-order valence-corrected chi connectivity index (χ0v) is 10.6. The number of ether oxygens (including phenoxy) is 1. The van der Waals surface area contributed by atoms with Gasteiger partial charge >= 0.3 is 5.97 Å². The van der Waals surface area contributed by atoms with Gasteiger partial charge in [0.15, 0.2) is 0 Å². The Kier molecular flexibility index (Phi) is 4.80. The molecule has 0 atom stereocenters. The number of alkyl halides is 2. The van der Waals surface area contributed by atoms with Crippen molar-refractivity contribution in [1.29, 1.82) is 0 Å². The van der Waals surface area contributed by atoms with E-state index in [4.69, 9.17) is 10.5 Å². The van der Waals surface area contributed by atoms with Crippen LogP contribution in [0.1, 0.15) is 24.6 Å². The van der Waals surface area contributed by atoms with Gasteiger partial charge in [-0.05, 0) is 34.5 Å². The predicted molar refractivity (Wildman–Crippen MR) is 61.6 cm³/mol. The molecular formula is C10H11BrF2N2O2. The number of aromatic nitrogens is 1. The van der Waals surface area contributed by atoms with Gasteiger partial charge in [-0.3, -0.25) is 4.79 Å². The lowest BCUT2D eigenvalue weighted by Gasteiger charge is -2.10. The minimum absolute atomic E-state index is 0.152. The molecule has 94 valence electrons. The van der Waals surface area contributed by atoms with Crippen molar-refractivity contribution in [3.8, 4) is 0 Å². The monoisotopic (exact) mass is 308 g/mol. The lowest BCUT2D eigenvalue weighted by atomic mass is 10.1. The van der Waals surface area contributed by atoms with Gasteiger partial charge in [-0.25, -0.2) is 13.8 Å². The van der Waals surface area contributed by atoms with Crippen molar-refractivity contribution in [2.24, 2.45) is 0 Å². The highest BCUT2D eigenvalue weighted by molar-refractivity contribution is 9.10. The average Bonchev–Trinajstić information content (AvgIpc) is 2.22. The van der Waals surface area contributed by atoms with Gasteiger partial charge in [0.1, 0.15) is 10.3 Å². The van der Waals surface area contributed by atoms with E-state index in [1.165, 1.54) is 6.07 Å². The molecule has 1 aromatic rings. The Morgan fingerprint density at radius 2 is 2.29 bits per heavy atom. The van der Waals surface area contributed by atoms with Gasteiger partial charge in [-0.15, -0.1) is 0 Å². The number of nitrogens with zero attached hydrogens (tertiary/aromatic N) is 1. The summed E-state index contributed by atoms with van der Waals surface area (Å²) in [5.74, 6) is -0.516. The largest absolute Gasteiger partial charge is 0.466 e. The Hall–Kier alpha value is -1.24. The quantitative estimate of drug-likeness (QED) is 0.685. The van der Waals surface area contributed by atoms with Crippen LogP contribution in [0.15, 0.2) is 10.7 Å². The van der Waals surface area contributed by atoms with Crippen LogP contribution in [0, 0.1) is 0 Å². The molecule has 1 heterocycles. The van der Waals surface area contributed by atoms with Gasteiger partial charge in [0.05, 0.1) is 18.7 Å². The molecule has 0 aliphatic carbocycles. The summed E-state index contributed by atoms with van der Waals surface area (Å²) >= 11 is 2.99. The molecule has 17 heavy (non-hydrogen) atoms. The van der Waals surface area contributed by atoms with E-state index in [0.29, 0.717) is 0 Å².